The van der Waals surface area contributed by atoms with Crippen molar-refractivity contribution >= 4 is 17.7 Å². The molecule has 1 fully saturated rings. The molecular formula is C17H23FN4O3. The van der Waals surface area contributed by atoms with Crippen molar-refractivity contribution in [3.8, 4) is 0 Å². The zero-order chi connectivity index (χ0) is 18.7. The van der Waals surface area contributed by atoms with Crippen LogP contribution in [-0.4, -0.2) is 41.9 Å². The summed E-state index contributed by atoms with van der Waals surface area (Å²) < 4.78 is 13.0. The molecule has 7 nitrogen and oxygen atoms in total. The summed E-state index contributed by atoms with van der Waals surface area (Å²) in [4.78, 5) is 36.8. The van der Waals surface area contributed by atoms with Gasteiger partial charge in [-0.15, -0.1) is 0 Å². The molecule has 0 radical (unpaired) electrons. The molecule has 2 rings (SSSR count). The fourth-order valence-electron chi connectivity index (χ4n) is 2.62. The van der Waals surface area contributed by atoms with E-state index in [4.69, 9.17) is 5.73 Å². The predicted octanol–water partition coefficient (Wildman–Crippen LogP) is 0.0578. The summed E-state index contributed by atoms with van der Waals surface area (Å²) in [5.41, 5.74) is 3.16. The highest BCUT2D eigenvalue weighted by Crippen LogP contribution is 2.21. The molecule has 0 aromatic heterocycles. The number of halogens is 1. The Morgan fingerprint density at radius 2 is 1.72 bits per heavy atom. The van der Waals surface area contributed by atoms with Gasteiger partial charge in [0.15, 0.2) is 0 Å². The van der Waals surface area contributed by atoms with E-state index in [1.54, 1.807) is 0 Å². The Labute approximate surface area is 145 Å². The van der Waals surface area contributed by atoms with Crippen molar-refractivity contribution in [1.82, 2.24) is 16.0 Å². The number of carbonyl (C=O) groups excluding carboxylic acids is 3. The predicted molar refractivity (Wildman–Crippen MR) is 90.1 cm³/mol. The highest BCUT2D eigenvalue weighted by Gasteiger charge is 2.43. The fourth-order valence-corrected chi connectivity index (χ4v) is 2.62. The van der Waals surface area contributed by atoms with Crippen molar-refractivity contribution in [2.45, 2.75) is 37.8 Å². The molecule has 0 atom stereocenters. The molecular weight excluding hydrogens is 327 g/mol. The smallest absolute Gasteiger partial charge is 0.252 e. The molecule has 0 spiro atoms. The van der Waals surface area contributed by atoms with Gasteiger partial charge in [-0.2, -0.15) is 0 Å². The topological polar surface area (TPSA) is 113 Å². The largest absolute Gasteiger partial charge is 0.368 e. The first kappa shape index (κ1) is 18.9. The molecule has 136 valence electrons. The van der Waals surface area contributed by atoms with Crippen LogP contribution in [0, 0.1) is 5.82 Å². The van der Waals surface area contributed by atoms with E-state index in [9.17, 15) is 18.8 Å². The van der Waals surface area contributed by atoms with E-state index in [-0.39, 0.29) is 5.56 Å². The lowest BCUT2D eigenvalue weighted by Crippen LogP contribution is -2.67. The second-order valence-electron chi connectivity index (χ2n) is 6.74. The molecule has 5 N–H and O–H groups in total. The SMILES string of the molecule is CC(C)(NC(=O)C1(NC(=O)c2ccc(F)cc2)CCNCC1)C(N)=O. The molecule has 1 saturated heterocycles. The van der Waals surface area contributed by atoms with Crippen molar-refractivity contribution in [2.75, 3.05) is 13.1 Å². The summed E-state index contributed by atoms with van der Waals surface area (Å²) in [7, 11) is 0. The second-order valence-corrected chi connectivity index (χ2v) is 6.74. The second kappa shape index (κ2) is 7.18. The van der Waals surface area contributed by atoms with Crippen LogP contribution in [-0.2, 0) is 9.59 Å². The van der Waals surface area contributed by atoms with Crippen LogP contribution in [0.5, 0.6) is 0 Å². The lowest BCUT2D eigenvalue weighted by atomic mass is 9.85. The highest BCUT2D eigenvalue weighted by atomic mass is 19.1. The first-order chi connectivity index (χ1) is 11.7. The Hall–Kier alpha value is -2.48. The Balaban J connectivity index is 2.22. The zero-order valence-corrected chi connectivity index (χ0v) is 14.3. The molecule has 25 heavy (non-hydrogen) atoms. The molecule has 0 bridgehead atoms. The lowest BCUT2D eigenvalue weighted by Gasteiger charge is -2.39. The van der Waals surface area contributed by atoms with Crippen LogP contribution in [0.15, 0.2) is 24.3 Å². The molecule has 3 amide bonds. The number of nitrogens with two attached hydrogens (primary N) is 1. The maximum Gasteiger partial charge on any atom is 0.252 e. The van der Waals surface area contributed by atoms with Crippen LogP contribution in [0.2, 0.25) is 0 Å². The monoisotopic (exact) mass is 350 g/mol. The molecule has 1 heterocycles. The average Bonchev–Trinajstić information content (AvgIpc) is 2.55. The van der Waals surface area contributed by atoms with Crippen molar-refractivity contribution in [1.29, 1.82) is 0 Å². The van der Waals surface area contributed by atoms with E-state index >= 15 is 0 Å². The van der Waals surface area contributed by atoms with Gasteiger partial charge in [-0.05, 0) is 64.0 Å². The first-order valence-electron chi connectivity index (χ1n) is 8.08. The number of hydrogen-bond donors (Lipinski definition) is 4. The van der Waals surface area contributed by atoms with Crippen LogP contribution < -0.4 is 21.7 Å². The molecule has 1 aromatic carbocycles. The maximum atomic E-state index is 13.0. The number of hydrogen-bond acceptors (Lipinski definition) is 4. The Morgan fingerprint density at radius 3 is 2.24 bits per heavy atom. The third-order valence-corrected chi connectivity index (χ3v) is 4.39. The van der Waals surface area contributed by atoms with E-state index in [0.29, 0.717) is 25.9 Å². The minimum atomic E-state index is -1.24. The molecule has 1 aromatic rings. The normalized spacial score (nSPS) is 16.8. The number of rotatable bonds is 5. The van der Waals surface area contributed by atoms with Crippen molar-refractivity contribution in [2.24, 2.45) is 5.73 Å². The van der Waals surface area contributed by atoms with E-state index in [1.807, 2.05) is 0 Å². The van der Waals surface area contributed by atoms with E-state index in [1.165, 1.54) is 38.1 Å². The van der Waals surface area contributed by atoms with Gasteiger partial charge in [-0.25, -0.2) is 4.39 Å². The van der Waals surface area contributed by atoms with Crippen molar-refractivity contribution in [3.63, 3.8) is 0 Å². The first-order valence-corrected chi connectivity index (χ1v) is 8.08. The average molecular weight is 350 g/mol. The van der Waals surface area contributed by atoms with E-state index in [2.05, 4.69) is 16.0 Å². The van der Waals surface area contributed by atoms with E-state index in [0.717, 1.165) is 0 Å². The summed E-state index contributed by atoms with van der Waals surface area (Å²) in [5, 5.41) is 8.51. The molecule has 1 aliphatic rings. The third kappa shape index (κ3) is 4.33. The molecule has 0 aliphatic carbocycles. The lowest BCUT2D eigenvalue weighted by molar-refractivity contribution is -0.135. The van der Waals surface area contributed by atoms with Crippen LogP contribution in [0.1, 0.15) is 37.0 Å². The Bertz CT molecular complexity index is 667. The standard InChI is InChI=1S/C17H23FN4O3/c1-16(2,14(19)24)22-15(25)17(7-9-20-10-8-17)21-13(23)11-3-5-12(18)6-4-11/h3-6,20H,7-10H2,1-2H3,(H2,19,24)(H,21,23)(H,22,25). The number of benzene rings is 1. The Kier molecular flexibility index (Phi) is 5.42. The molecule has 0 saturated carbocycles. The van der Waals surface area contributed by atoms with E-state index < -0.39 is 34.6 Å². The van der Waals surface area contributed by atoms with Gasteiger partial charge in [0.05, 0.1) is 0 Å². The summed E-state index contributed by atoms with van der Waals surface area (Å²) >= 11 is 0. The highest BCUT2D eigenvalue weighted by molar-refractivity contribution is 6.00. The van der Waals surface area contributed by atoms with Crippen LogP contribution in [0.3, 0.4) is 0 Å². The minimum Gasteiger partial charge on any atom is -0.368 e. The molecule has 1 aliphatic heterocycles. The van der Waals surface area contributed by atoms with Gasteiger partial charge >= 0.3 is 0 Å². The summed E-state index contributed by atoms with van der Waals surface area (Å²) in [6, 6.07) is 5.07. The van der Waals surface area contributed by atoms with Gasteiger partial charge in [-0.3, -0.25) is 14.4 Å². The quantitative estimate of drug-likeness (QED) is 0.601. The summed E-state index contributed by atoms with van der Waals surface area (Å²) in [5.74, 6) is -2.06. The van der Waals surface area contributed by atoms with Crippen molar-refractivity contribution < 1.29 is 18.8 Å². The van der Waals surface area contributed by atoms with Crippen molar-refractivity contribution in [3.05, 3.63) is 35.6 Å². The van der Waals surface area contributed by atoms with Gasteiger partial charge in [0, 0.05) is 5.56 Å². The number of piperidine rings is 1. The number of nitrogens with one attached hydrogen (secondary N) is 3. The number of carbonyl (C=O) groups is 3. The number of primary amides is 1. The number of amides is 3. The summed E-state index contributed by atoms with van der Waals surface area (Å²) in [6.45, 7) is 4.08. The fraction of sp³-hybridized carbons (Fsp3) is 0.471. The Morgan fingerprint density at radius 1 is 1.16 bits per heavy atom. The minimum absolute atomic E-state index is 0.251. The molecule has 8 heteroatoms. The van der Waals surface area contributed by atoms with Gasteiger partial charge < -0.3 is 21.7 Å². The van der Waals surface area contributed by atoms with Crippen LogP contribution in [0.4, 0.5) is 4.39 Å². The van der Waals surface area contributed by atoms with Gasteiger partial charge in [0.25, 0.3) is 5.91 Å². The third-order valence-electron chi connectivity index (χ3n) is 4.39. The van der Waals surface area contributed by atoms with Crippen LogP contribution >= 0.6 is 0 Å². The summed E-state index contributed by atoms with van der Waals surface area (Å²) in [6.07, 6.45) is 0.723. The van der Waals surface area contributed by atoms with Gasteiger partial charge in [-0.1, -0.05) is 0 Å². The van der Waals surface area contributed by atoms with Gasteiger partial charge in [0.1, 0.15) is 16.9 Å². The van der Waals surface area contributed by atoms with Gasteiger partial charge in [0.2, 0.25) is 11.8 Å². The molecule has 0 unspecified atom stereocenters. The zero-order valence-electron chi connectivity index (χ0n) is 14.3. The maximum absolute atomic E-state index is 13.0. The van der Waals surface area contributed by atoms with Crippen LogP contribution in [0.25, 0.3) is 0 Å².